The number of hydrogen-bond acceptors (Lipinski definition) is 4. The zero-order valence-electron chi connectivity index (χ0n) is 9.20. The molecule has 14 heavy (non-hydrogen) atoms. The molecule has 0 amide bonds. The Morgan fingerprint density at radius 2 is 2.29 bits per heavy atom. The lowest BCUT2D eigenvalue weighted by Gasteiger charge is -2.29. The highest BCUT2D eigenvalue weighted by molar-refractivity contribution is 4.77. The number of nitrogens with two attached hydrogens (primary N) is 1. The van der Waals surface area contributed by atoms with E-state index in [0.29, 0.717) is 13.1 Å². The fourth-order valence-electron chi connectivity index (χ4n) is 1.80. The lowest BCUT2D eigenvalue weighted by atomic mass is 10.1. The van der Waals surface area contributed by atoms with E-state index in [2.05, 4.69) is 4.90 Å². The van der Waals surface area contributed by atoms with Crippen LogP contribution in [0.4, 0.5) is 0 Å². The molecule has 0 aromatic rings. The highest BCUT2D eigenvalue weighted by Crippen LogP contribution is 2.10. The molecular formula is C10H22N2O2. The first-order valence-corrected chi connectivity index (χ1v) is 5.27. The number of aliphatic hydroxyl groups is 1. The molecule has 1 atom stereocenters. The Morgan fingerprint density at radius 3 is 2.86 bits per heavy atom. The van der Waals surface area contributed by atoms with Gasteiger partial charge in [-0.15, -0.1) is 0 Å². The maximum atomic E-state index is 9.71. The summed E-state index contributed by atoms with van der Waals surface area (Å²) in [5.41, 5.74) is 4.95. The van der Waals surface area contributed by atoms with Gasteiger partial charge in [0.05, 0.1) is 11.7 Å². The van der Waals surface area contributed by atoms with Crippen molar-refractivity contribution in [3.8, 4) is 0 Å². The highest BCUT2D eigenvalue weighted by atomic mass is 16.5. The lowest BCUT2D eigenvalue weighted by molar-refractivity contribution is 0.0199. The molecule has 1 saturated heterocycles. The van der Waals surface area contributed by atoms with E-state index in [-0.39, 0.29) is 6.10 Å². The van der Waals surface area contributed by atoms with Gasteiger partial charge in [-0.25, -0.2) is 0 Å². The molecule has 1 rings (SSSR count). The van der Waals surface area contributed by atoms with Crippen LogP contribution in [-0.2, 0) is 4.74 Å². The Labute approximate surface area is 86.0 Å². The van der Waals surface area contributed by atoms with E-state index in [9.17, 15) is 5.11 Å². The minimum absolute atomic E-state index is 0.125. The zero-order valence-corrected chi connectivity index (χ0v) is 9.20. The van der Waals surface area contributed by atoms with Crippen molar-refractivity contribution in [1.82, 2.24) is 4.90 Å². The van der Waals surface area contributed by atoms with Crippen molar-refractivity contribution in [3.05, 3.63) is 0 Å². The maximum absolute atomic E-state index is 9.71. The third kappa shape index (κ3) is 4.37. The van der Waals surface area contributed by atoms with Gasteiger partial charge in [-0.05, 0) is 20.3 Å². The third-order valence-corrected chi connectivity index (χ3v) is 2.31. The van der Waals surface area contributed by atoms with Crippen LogP contribution in [0.5, 0.6) is 0 Å². The van der Waals surface area contributed by atoms with Gasteiger partial charge in [0.25, 0.3) is 0 Å². The van der Waals surface area contributed by atoms with E-state index in [1.54, 1.807) is 0 Å². The van der Waals surface area contributed by atoms with E-state index < -0.39 is 5.60 Å². The fraction of sp³-hybridized carbons (Fsp3) is 1.00. The topological polar surface area (TPSA) is 58.7 Å². The predicted octanol–water partition coefficient (Wildman–Crippen LogP) is -0.193. The molecule has 1 heterocycles. The van der Waals surface area contributed by atoms with Crippen LogP contribution in [-0.4, -0.2) is 54.5 Å². The minimum Gasteiger partial charge on any atom is -0.389 e. The number of nitrogens with zero attached hydrogens (tertiary/aromatic N) is 1. The van der Waals surface area contributed by atoms with Gasteiger partial charge in [-0.2, -0.15) is 0 Å². The lowest BCUT2D eigenvalue weighted by Crippen LogP contribution is -2.43. The molecule has 0 saturated carbocycles. The Hall–Kier alpha value is -0.160. The number of rotatable bonds is 3. The van der Waals surface area contributed by atoms with E-state index in [0.717, 1.165) is 26.1 Å². The van der Waals surface area contributed by atoms with Gasteiger partial charge in [0.1, 0.15) is 0 Å². The van der Waals surface area contributed by atoms with E-state index >= 15 is 0 Å². The summed E-state index contributed by atoms with van der Waals surface area (Å²) >= 11 is 0. The summed E-state index contributed by atoms with van der Waals surface area (Å²) in [6, 6.07) is 0. The molecular weight excluding hydrogens is 180 g/mol. The summed E-state index contributed by atoms with van der Waals surface area (Å²) in [7, 11) is 0. The van der Waals surface area contributed by atoms with Gasteiger partial charge in [0.15, 0.2) is 0 Å². The van der Waals surface area contributed by atoms with Crippen molar-refractivity contribution in [2.45, 2.75) is 32.0 Å². The largest absolute Gasteiger partial charge is 0.389 e. The third-order valence-electron chi connectivity index (χ3n) is 2.31. The van der Waals surface area contributed by atoms with Crippen molar-refractivity contribution in [1.29, 1.82) is 0 Å². The molecule has 0 aliphatic carbocycles. The first-order valence-electron chi connectivity index (χ1n) is 5.27. The fourth-order valence-corrected chi connectivity index (χ4v) is 1.80. The molecule has 1 fully saturated rings. The second-order valence-corrected chi connectivity index (χ2v) is 4.63. The first-order chi connectivity index (χ1) is 6.51. The monoisotopic (exact) mass is 202 g/mol. The van der Waals surface area contributed by atoms with Crippen LogP contribution in [0.2, 0.25) is 0 Å². The summed E-state index contributed by atoms with van der Waals surface area (Å²) in [5, 5.41) is 9.71. The van der Waals surface area contributed by atoms with E-state index in [4.69, 9.17) is 10.5 Å². The molecule has 1 aliphatic heterocycles. The van der Waals surface area contributed by atoms with Crippen molar-refractivity contribution in [3.63, 3.8) is 0 Å². The second kappa shape index (κ2) is 5.07. The van der Waals surface area contributed by atoms with Crippen molar-refractivity contribution >= 4 is 0 Å². The van der Waals surface area contributed by atoms with Gasteiger partial charge in [0.2, 0.25) is 0 Å². The summed E-state index contributed by atoms with van der Waals surface area (Å²) in [6.45, 7) is 7.51. The molecule has 1 aliphatic rings. The van der Waals surface area contributed by atoms with E-state index in [1.165, 1.54) is 0 Å². The average Bonchev–Trinajstić information content (AvgIpc) is 2.26. The summed E-state index contributed by atoms with van der Waals surface area (Å²) in [6.07, 6.45) is 1.15. The molecule has 0 bridgehead atoms. The van der Waals surface area contributed by atoms with Crippen LogP contribution in [0.1, 0.15) is 20.3 Å². The predicted molar refractivity (Wildman–Crippen MR) is 56.1 cm³/mol. The second-order valence-electron chi connectivity index (χ2n) is 4.63. The Balaban J connectivity index is 2.43. The number of ether oxygens (including phenoxy) is 1. The van der Waals surface area contributed by atoms with Gasteiger partial charge < -0.3 is 15.6 Å². The average molecular weight is 202 g/mol. The van der Waals surface area contributed by atoms with Crippen LogP contribution < -0.4 is 5.73 Å². The molecule has 0 spiro atoms. The first kappa shape index (κ1) is 11.9. The van der Waals surface area contributed by atoms with Crippen LogP contribution >= 0.6 is 0 Å². The summed E-state index contributed by atoms with van der Waals surface area (Å²) in [4.78, 5) is 2.23. The minimum atomic E-state index is -0.635. The molecule has 4 nitrogen and oxygen atoms in total. The number of hydrogen-bond donors (Lipinski definition) is 2. The zero-order chi connectivity index (χ0) is 10.6. The van der Waals surface area contributed by atoms with Gasteiger partial charge in [-0.1, -0.05) is 0 Å². The summed E-state index contributed by atoms with van der Waals surface area (Å²) in [5.74, 6) is 0. The van der Waals surface area contributed by atoms with Crippen molar-refractivity contribution in [2.75, 3.05) is 32.8 Å². The van der Waals surface area contributed by atoms with Crippen LogP contribution in [0, 0.1) is 0 Å². The molecule has 3 N–H and O–H groups in total. The van der Waals surface area contributed by atoms with Gasteiger partial charge in [0, 0.05) is 32.8 Å². The highest BCUT2D eigenvalue weighted by Gasteiger charge is 2.22. The Morgan fingerprint density at radius 1 is 1.57 bits per heavy atom. The molecule has 1 unspecified atom stereocenters. The maximum Gasteiger partial charge on any atom is 0.0823 e. The van der Waals surface area contributed by atoms with E-state index in [1.807, 2.05) is 13.8 Å². The Kier molecular flexibility index (Phi) is 4.31. The quantitative estimate of drug-likeness (QED) is 0.666. The normalized spacial score (nSPS) is 26.1. The van der Waals surface area contributed by atoms with Crippen LogP contribution in [0.25, 0.3) is 0 Å². The van der Waals surface area contributed by atoms with Gasteiger partial charge >= 0.3 is 0 Å². The molecule has 0 radical (unpaired) electrons. The van der Waals surface area contributed by atoms with Crippen LogP contribution in [0.3, 0.4) is 0 Å². The molecule has 4 heteroatoms. The molecule has 84 valence electrons. The molecule has 0 aromatic carbocycles. The smallest absolute Gasteiger partial charge is 0.0823 e. The van der Waals surface area contributed by atoms with Crippen molar-refractivity contribution < 1.29 is 9.84 Å². The van der Waals surface area contributed by atoms with Crippen LogP contribution in [0.15, 0.2) is 0 Å². The van der Waals surface area contributed by atoms with Gasteiger partial charge in [-0.3, -0.25) is 4.90 Å². The number of β-amino-alcohol motifs (C(OH)–C–C–N with tert-alkyl or cyclic N) is 1. The molecule has 0 aromatic heterocycles. The SMILES string of the molecule is CC(C)(O)CN1CCCOC(CN)C1. The van der Waals surface area contributed by atoms with Crippen molar-refractivity contribution in [2.24, 2.45) is 5.73 Å². The standard InChI is InChI=1S/C10H22N2O2/c1-10(2,13)8-12-4-3-5-14-9(6-11)7-12/h9,13H,3-8,11H2,1-2H3. The summed E-state index contributed by atoms with van der Waals surface area (Å²) < 4.78 is 5.55. The Bertz CT molecular complexity index is 168.